The van der Waals surface area contributed by atoms with Crippen molar-refractivity contribution in [3.05, 3.63) is 48.8 Å². The molecule has 0 spiro atoms. The fourth-order valence-corrected chi connectivity index (χ4v) is 3.78. The van der Waals surface area contributed by atoms with E-state index in [0.29, 0.717) is 6.54 Å². The first-order chi connectivity index (χ1) is 16.6. The van der Waals surface area contributed by atoms with Gasteiger partial charge in [-0.3, -0.25) is 24.2 Å². The molecule has 0 N–H and O–H groups in total. The Balaban J connectivity index is 1.98. The van der Waals surface area contributed by atoms with Crippen LogP contribution in [-0.4, -0.2) is 64.5 Å². The Morgan fingerprint density at radius 1 is 0.943 bits per heavy atom. The summed E-state index contributed by atoms with van der Waals surface area (Å²) >= 11 is 0. The lowest BCUT2D eigenvalue weighted by atomic mass is 9.97. The van der Waals surface area contributed by atoms with Gasteiger partial charge in [-0.25, -0.2) is 9.13 Å². The molecule has 0 aromatic carbocycles. The topological polar surface area (TPSA) is 136 Å². The molecule has 3 heterocycles. The van der Waals surface area contributed by atoms with E-state index in [1.54, 1.807) is 29.5 Å². The van der Waals surface area contributed by atoms with Gasteiger partial charge in [-0.1, -0.05) is 6.07 Å². The molecule has 1 fully saturated rings. The fourth-order valence-electron chi connectivity index (χ4n) is 3.78. The normalized spacial score (nSPS) is 23.7. The largest absolute Gasteiger partial charge is 0.463 e. The number of carbonyl (C=O) groups excluding carboxylic acids is 4. The van der Waals surface area contributed by atoms with E-state index < -0.39 is 54.5 Å². The van der Waals surface area contributed by atoms with Gasteiger partial charge in [0.15, 0.2) is 12.2 Å². The minimum atomic E-state index is -1.23. The van der Waals surface area contributed by atoms with Crippen LogP contribution in [0.2, 0.25) is 0 Å². The maximum Gasteiger partial charge on any atom is 0.303 e. The predicted octanol–water partition coefficient (Wildman–Crippen LogP) is 0.475. The van der Waals surface area contributed by atoms with Gasteiger partial charge in [0, 0.05) is 33.9 Å². The van der Waals surface area contributed by atoms with Crippen LogP contribution in [0, 0.1) is 0 Å². The second-order valence-corrected chi connectivity index (χ2v) is 7.94. The Labute approximate surface area is 201 Å². The number of imidazole rings is 1. The highest BCUT2D eigenvalue weighted by molar-refractivity contribution is 5.68. The molecule has 0 radical (unpaired) electrons. The number of rotatable bonds is 8. The van der Waals surface area contributed by atoms with E-state index in [1.807, 2.05) is 22.8 Å². The summed E-state index contributed by atoms with van der Waals surface area (Å²) in [6.07, 6.45) is 1.22. The van der Waals surface area contributed by atoms with Gasteiger partial charge >= 0.3 is 23.9 Å². The lowest BCUT2D eigenvalue weighted by Crippen LogP contribution is -2.60. The van der Waals surface area contributed by atoms with Gasteiger partial charge in [0.2, 0.25) is 18.7 Å². The van der Waals surface area contributed by atoms with Crippen LogP contribution in [0.3, 0.4) is 0 Å². The van der Waals surface area contributed by atoms with E-state index >= 15 is 0 Å². The lowest BCUT2D eigenvalue weighted by Gasteiger charge is -2.42. The number of esters is 4. The summed E-state index contributed by atoms with van der Waals surface area (Å²) < 4.78 is 31.0. The second-order valence-electron chi connectivity index (χ2n) is 7.94. The van der Waals surface area contributed by atoms with Gasteiger partial charge in [-0.2, -0.15) is 0 Å². The van der Waals surface area contributed by atoms with E-state index in [4.69, 9.17) is 23.7 Å². The molecule has 0 amide bonds. The molecule has 12 nitrogen and oxygen atoms in total. The molecule has 0 saturated carbocycles. The molecule has 12 heteroatoms. The highest BCUT2D eigenvalue weighted by Crippen LogP contribution is 2.34. The first-order valence-corrected chi connectivity index (χ1v) is 10.9. The number of carbonyl (C=O) groups is 4. The van der Waals surface area contributed by atoms with E-state index in [2.05, 4.69) is 4.98 Å². The van der Waals surface area contributed by atoms with Gasteiger partial charge < -0.3 is 23.7 Å². The van der Waals surface area contributed by atoms with E-state index in [9.17, 15) is 19.2 Å². The molecule has 35 heavy (non-hydrogen) atoms. The monoisotopic (exact) mass is 490 g/mol. The molecule has 188 valence electrons. The first-order valence-electron chi connectivity index (χ1n) is 10.9. The average molecular weight is 490 g/mol. The van der Waals surface area contributed by atoms with Crippen molar-refractivity contribution in [2.75, 3.05) is 6.61 Å². The lowest BCUT2D eigenvalue weighted by molar-refractivity contribution is -0.688. The molecular formula is C23H28N3O9+. The van der Waals surface area contributed by atoms with Crippen LogP contribution < -0.4 is 4.57 Å². The Hall–Kier alpha value is -3.80. The second kappa shape index (κ2) is 11.6. The molecule has 1 aliphatic rings. The Morgan fingerprint density at radius 2 is 1.60 bits per heavy atom. The molecule has 2 aromatic rings. The first kappa shape index (κ1) is 25.8. The number of nitrogens with zero attached hydrogens (tertiary/aromatic N) is 3. The van der Waals surface area contributed by atoms with Crippen LogP contribution in [0.25, 0.3) is 0 Å². The van der Waals surface area contributed by atoms with Crippen molar-refractivity contribution in [3.8, 4) is 0 Å². The summed E-state index contributed by atoms with van der Waals surface area (Å²) in [5, 5.41) is 0. The maximum absolute atomic E-state index is 12.0. The average Bonchev–Trinajstić information content (AvgIpc) is 3.23. The molecule has 1 saturated heterocycles. The number of hydrogen-bond donors (Lipinski definition) is 0. The SMILES string of the molecule is CC(=O)OC[C@H]1O[C@H](n2cc[n+](Cc3ccccn3)c2)[C@H](OC(C)=O)[C@@H](OC(C)=O)[C@@H]1OC(C)=O. The molecular weight excluding hydrogens is 462 g/mol. The third-order valence-electron chi connectivity index (χ3n) is 5.04. The summed E-state index contributed by atoms with van der Waals surface area (Å²) in [7, 11) is 0. The van der Waals surface area contributed by atoms with Crippen molar-refractivity contribution < 1.29 is 47.4 Å². The third-order valence-corrected chi connectivity index (χ3v) is 5.04. The maximum atomic E-state index is 12.0. The Bertz CT molecular complexity index is 1060. The number of hydrogen-bond acceptors (Lipinski definition) is 10. The fraction of sp³-hybridized carbons (Fsp3) is 0.478. The summed E-state index contributed by atoms with van der Waals surface area (Å²) in [5.74, 6) is -2.60. The highest BCUT2D eigenvalue weighted by Gasteiger charge is 2.54. The van der Waals surface area contributed by atoms with Crippen molar-refractivity contribution in [1.29, 1.82) is 0 Å². The third kappa shape index (κ3) is 7.09. The van der Waals surface area contributed by atoms with E-state index in [1.165, 1.54) is 27.7 Å². The quantitative estimate of drug-likeness (QED) is 0.292. The molecule has 0 unspecified atom stereocenters. The summed E-state index contributed by atoms with van der Waals surface area (Å²) in [6.45, 7) is 4.94. The van der Waals surface area contributed by atoms with Gasteiger partial charge in [0.25, 0.3) is 0 Å². The Kier molecular flexibility index (Phi) is 8.53. The highest BCUT2D eigenvalue weighted by atomic mass is 16.7. The minimum Gasteiger partial charge on any atom is -0.463 e. The summed E-state index contributed by atoms with van der Waals surface area (Å²) in [6, 6.07) is 5.56. The molecule has 3 rings (SSSR count). The van der Waals surface area contributed by atoms with Gasteiger partial charge in [0.05, 0.1) is 5.69 Å². The molecule has 0 aliphatic carbocycles. The van der Waals surface area contributed by atoms with Crippen LogP contribution in [0.5, 0.6) is 0 Å². The van der Waals surface area contributed by atoms with Crippen molar-refractivity contribution in [2.24, 2.45) is 0 Å². The summed E-state index contributed by atoms with van der Waals surface area (Å²) in [5.41, 5.74) is 0.816. The number of pyridine rings is 1. The van der Waals surface area contributed by atoms with E-state index in [0.717, 1.165) is 5.69 Å². The zero-order valence-corrected chi connectivity index (χ0v) is 19.9. The molecule has 0 bridgehead atoms. The van der Waals surface area contributed by atoms with Crippen LogP contribution in [0.15, 0.2) is 43.1 Å². The van der Waals surface area contributed by atoms with Crippen molar-refractivity contribution in [1.82, 2.24) is 9.55 Å². The van der Waals surface area contributed by atoms with Crippen LogP contribution in [0.1, 0.15) is 39.6 Å². The minimum absolute atomic E-state index is 0.288. The van der Waals surface area contributed by atoms with Gasteiger partial charge in [0.1, 0.15) is 31.6 Å². The van der Waals surface area contributed by atoms with Crippen LogP contribution in [-0.2, 0) is 49.4 Å². The Morgan fingerprint density at radius 3 is 2.20 bits per heavy atom. The number of ether oxygens (including phenoxy) is 5. The predicted molar refractivity (Wildman–Crippen MR) is 115 cm³/mol. The molecule has 1 aliphatic heterocycles. The van der Waals surface area contributed by atoms with Crippen LogP contribution in [0.4, 0.5) is 0 Å². The van der Waals surface area contributed by atoms with Crippen LogP contribution >= 0.6 is 0 Å². The van der Waals surface area contributed by atoms with Crippen molar-refractivity contribution in [2.45, 2.75) is 64.9 Å². The van der Waals surface area contributed by atoms with Gasteiger partial charge in [-0.15, -0.1) is 0 Å². The van der Waals surface area contributed by atoms with Crippen molar-refractivity contribution in [3.63, 3.8) is 0 Å². The van der Waals surface area contributed by atoms with Crippen molar-refractivity contribution >= 4 is 23.9 Å². The zero-order chi connectivity index (χ0) is 25.5. The summed E-state index contributed by atoms with van der Waals surface area (Å²) in [4.78, 5) is 51.5. The van der Waals surface area contributed by atoms with Gasteiger partial charge in [-0.05, 0) is 12.1 Å². The standard InChI is InChI=1S/C23H28N3O9/c1-14(27)31-12-19-20(32-15(2)28)21(33-16(3)29)22(34-17(4)30)23(35-19)26-10-9-25(13-26)11-18-7-5-6-8-24-18/h5-10,13,19-23H,11-12H2,1-4H3/q+1/t19-,20-,21+,22-,23+/m1/s1. The molecule has 5 atom stereocenters. The molecule has 2 aromatic heterocycles. The smallest absolute Gasteiger partial charge is 0.303 e. The zero-order valence-electron chi connectivity index (χ0n) is 19.9. The van der Waals surface area contributed by atoms with E-state index in [-0.39, 0.29) is 6.61 Å². The number of aromatic nitrogens is 3.